The van der Waals surface area contributed by atoms with Gasteiger partial charge in [-0.1, -0.05) is 29.8 Å². The molecule has 2 aliphatic heterocycles. The van der Waals surface area contributed by atoms with Crippen molar-refractivity contribution in [2.45, 2.75) is 17.6 Å². The minimum atomic E-state index is -4.45. The summed E-state index contributed by atoms with van der Waals surface area (Å²) in [6.45, 7) is 0.357. The van der Waals surface area contributed by atoms with E-state index in [2.05, 4.69) is 5.32 Å². The molecule has 1 saturated heterocycles. The van der Waals surface area contributed by atoms with Crippen molar-refractivity contribution in [1.29, 1.82) is 0 Å². The van der Waals surface area contributed by atoms with E-state index in [1.807, 2.05) is 0 Å². The highest BCUT2D eigenvalue weighted by molar-refractivity contribution is 8.01. The van der Waals surface area contributed by atoms with Gasteiger partial charge in [-0.05, 0) is 54.1 Å². The number of urea groups is 1. The lowest BCUT2D eigenvalue weighted by atomic mass is 10.1. The van der Waals surface area contributed by atoms with Crippen LogP contribution in [0.1, 0.15) is 16.7 Å². The van der Waals surface area contributed by atoms with E-state index < -0.39 is 22.6 Å². The van der Waals surface area contributed by atoms with Crippen LogP contribution in [0.4, 0.5) is 29.3 Å². The number of amides is 3. The van der Waals surface area contributed by atoms with Gasteiger partial charge in [0, 0.05) is 28.6 Å². The summed E-state index contributed by atoms with van der Waals surface area (Å²) in [5.41, 5.74) is 1.41. The first kappa shape index (κ1) is 25.3. The van der Waals surface area contributed by atoms with Crippen LogP contribution in [-0.2, 0) is 22.4 Å². The topological polar surface area (TPSA) is 61.9 Å². The number of benzene rings is 3. The lowest BCUT2D eigenvalue weighted by molar-refractivity contribution is -0.137. The van der Waals surface area contributed by atoms with Crippen LogP contribution in [0, 0.1) is 0 Å². The van der Waals surface area contributed by atoms with E-state index in [1.165, 1.54) is 40.8 Å². The second-order valence-electron chi connectivity index (χ2n) is 8.55. The largest absolute Gasteiger partial charge is 0.497 e. The first-order valence-corrected chi connectivity index (χ1v) is 12.6. The Hall–Kier alpha value is -3.37. The molecular weight excluding hydrogens is 527 g/mol. The minimum Gasteiger partial charge on any atom is -0.497 e. The molecule has 3 amide bonds. The molecular formula is C26H21ClF3N3O3S. The number of hydrogen-bond donors (Lipinski definition) is 1. The number of nitrogens with one attached hydrogen (secondary N) is 1. The second kappa shape index (κ2) is 9.50. The van der Waals surface area contributed by atoms with E-state index in [4.69, 9.17) is 16.3 Å². The molecule has 2 aliphatic rings. The fraction of sp³-hybridized carbons (Fsp3) is 0.231. The third-order valence-corrected chi connectivity index (χ3v) is 8.00. The third-order valence-electron chi connectivity index (χ3n) is 6.34. The highest BCUT2D eigenvalue weighted by Gasteiger charge is 2.59. The predicted octanol–water partition coefficient (Wildman–Crippen LogP) is 6.35. The zero-order chi connectivity index (χ0) is 26.4. The van der Waals surface area contributed by atoms with Gasteiger partial charge in [-0.25, -0.2) is 4.79 Å². The summed E-state index contributed by atoms with van der Waals surface area (Å²) in [5, 5.41) is 3.28. The fourth-order valence-corrected chi connectivity index (χ4v) is 6.26. The molecule has 1 fully saturated rings. The number of methoxy groups -OCH3 is 1. The number of fused-ring (bicyclic) bond motifs is 2. The monoisotopic (exact) mass is 547 g/mol. The zero-order valence-corrected chi connectivity index (χ0v) is 21.1. The lowest BCUT2D eigenvalue weighted by Crippen LogP contribution is -2.51. The van der Waals surface area contributed by atoms with Gasteiger partial charge in [-0.2, -0.15) is 13.2 Å². The molecule has 0 aliphatic carbocycles. The summed E-state index contributed by atoms with van der Waals surface area (Å²) in [4.78, 5) is 29.2. The maximum absolute atomic E-state index is 14.1. The Balaban J connectivity index is 1.51. The Labute approximate surface area is 220 Å². The Morgan fingerprint density at radius 1 is 1.14 bits per heavy atom. The Morgan fingerprint density at radius 2 is 1.89 bits per heavy atom. The number of hydrogen-bond acceptors (Lipinski definition) is 4. The van der Waals surface area contributed by atoms with Crippen molar-refractivity contribution in [1.82, 2.24) is 4.90 Å². The van der Waals surface area contributed by atoms with Crippen LogP contribution >= 0.6 is 23.4 Å². The standard InChI is InChI=1S/C26H21ClF3N3O3S/c1-36-20-9-10-22-21(14-20)25(23(34)32(22)15-16-5-7-17(8-6-16)26(28,29)30)33(11-12-37-25)24(35)31-19-4-2-3-18(27)13-19/h2-10,13-14H,11-12,15H2,1H3,(H,31,35)/t25-/m0/s1. The molecule has 0 unspecified atom stereocenters. The van der Waals surface area contributed by atoms with E-state index in [0.29, 0.717) is 45.6 Å². The van der Waals surface area contributed by atoms with Gasteiger partial charge >= 0.3 is 12.2 Å². The van der Waals surface area contributed by atoms with Gasteiger partial charge in [-0.3, -0.25) is 9.69 Å². The molecule has 0 aromatic heterocycles. The average molecular weight is 548 g/mol. The number of halogens is 4. The van der Waals surface area contributed by atoms with Gasteiger partial charge in [0.05, 0.1) is 24.9 Å². The van der Waals surface area contributed by atoms with E-state index in [0.717, 1.165) is 12.1 Å². The maximum Gasteiger partial charge on any atom is 0.416 e. The Bertz CT molecular complexity index is 1370. The van der Waals surface area contributed by atoms with Gasteiger partial charge in [0.25, 0.3) is 5.91 Å². The Morgan fingerprint density at radius 3 is 2.57 bits per heavy atom. The quantitative estimate of drug-likeness (QED) is 0.413. The fourth-order valence-electron chi connectivity index (χ4n) is 4.62. The first-order chi connectivity index (χ1) is 17.6. The van der Waals surface area contributed by atoms with Crippen molar-refractivity contribution in [3.8, 4) is 5.75 Å². The number of carbonyl (C=O) groups is 2. The minimum absolute atomic E-state index is 0.0440. The highest BCUT2D eigenvalue weighted by Crippen LogP contribution is 2.55. The molecule has 1 N–H and O–H groups in total. The lowest BCUT2D eigenvalue weighted by Gasteiger charge is -2.33. The van der Waals surface area contributed by atoms with Crippen LogP contribution in [0.3, 0.4) is 0 Å². The molecule has 6 nitrogen and oxygen atoms in total. The van der Waals surface area contributed by atoms with Crippen molar-refractivity contribution in [2.75, 3.05) is 29.6 Å². The molecule has 0 saturated carbocycles. The maximum atomic E-state index is 14.1. The molecule has 2 heterocycles. The van der Waals surface area contributed by atoms with E-state index in [1.54, 1.807) is 42.5 Å². The normalized spacial score (nSPS) is 18.9. The molecule has 11 heteroatoms. The number of ether oxygens (including phenoxy) is 1. The van der Waals surface area contributed by atoms with Crippen LogP contribution in [0.5, 0.6) is 5.75 Å². The summed E-state index contributed by atoms with van der Waals surface area (Å²) in [6, 6.07) is 16.1. The number of carbonyl (C=O) groups excluding carboxylic acids is 2. The van der Waals surface area contributed by atoms with Gasteiger partial charge in [-0.15, -0.1) is 11.8 Å². The van der Waals surface area contributed by atoms with Crippen LogP contribution < -0.4 is 15.0 Å². The average Bonchev–Trinajstić information content (AvgIpc) is 3.41. The number of alkyl halides is 3. The summed E-state index contributed by atoms with van der Waals surface area (Å²) in [6.07, 6.45) is -4.45. The van der Waals surface area contributed by atoms with E-state index in [-0.39, 0.29) is 12.5 Å². The molecule has 5 rings (SSSR count). The number of thioether (sulfide) groups is 1. The highest BCUT2D eigenvalue weighted by atomic mass is 35.5. The summed E-state index contributed by atoms with van der Waals surface area (Å²) in [7, 11) is 1.51. The summed E-state index contributed by atoms with van der Waals surface area (Å²) in [5.74, 6) is 0.684. The first-order valence-electron chi connectivity index (χ1n) is 11.3. The van der Waals surface area contributed by atoms with Gasteiger partial charge in [0.2, 0.25) is 0 Å². The van der Waals surface area contributed by atoms with Crippen LogP contribution in [-0.4, -0.2) is 36.2 Å². The molecule has 192 valence electrons. The molecule has 3 aromatic carbocycles. The van der Waals surface area contributed by atoms with Crippen molar-refractivity contribution >= 4 is 46.7 Å². The molecule has 1 atom stereocenters. The van der Waals surface area contributed by atoms with Crippen molar-refractivity contribution < 1.29 is 27.5 Å². The van der Waals surface area contributed by atoms with Crippen molar-refractivity contribution in [3.05, 3.63) is 88.4 Å². The smallest absolute Gasteiger partial charge is 0.416 e. The van der Waals surface area contributed by atoms with E-state index in [9.17, 15) is 22.8 Å². The van der Waals surface area contributed by atoms with Crippen LogP contribution in [0.2, 0.25) is 5.02 Å². The van der Waals surface area contributed by atoms with Gasteiger partial charge < -0.3 is 15.0 Å². The molecule has 0 bridgehead atoms. The van der Waals surface area contributed by atoms with E-state index >= 15 is 0 Å². The zero-order valence-electron chi connectivity index (χ0n) is 19.5. The second-order valence-corrected chi connectivity index (χ2v) is 10.3. The predicted molar refractivity (Wildman–Crippen MR) is 137 cm³/mol. The third kappa shape index (κ3) is 4.48. The number of anilines is 2. The van der Waals surface area contributed by atoms with Gasteiger partial charge in [0.1, 0.15) is 5.75 Å². The van der Waals surface area contributed by atoms with Crippen LogP contribution in [0.15, 0.2) is 66.7 Å². The van der Waals surface area contributed by atoms with Gasteiger partial charge in [0.15, 0.2) is 4.87 Å². The number of rotatable bonds is 4. The number of nitrogens with zero attached hydrogens (tertiary/aromatic N) is 2. The molecule has 37 heavy (non-hydrogen) atoms. The summed E-state index contributed by atoms with van der Waals surface area (Å²) < 4.78 is 44.5. The Kier molecular flexibility index (Phi) is 6.49. The molecule has 3 aromatic rings. The van der Waals surface area contributed by atoms with Crippen molar-refractivity contribution in [2.24, 2.45) is 0 Å². The SMILES string of the molecule is COc1ccc2c(c1)[C@]1(SCCN1C(=O)Nc1cccc(Cl)c1)C(=O)N2Cc1ccc(C(F)(F)F)cc1. The summed E-state index contributed by atoms with van der Waals surface area (Å²) >= 11 is 7.39. The van der Waals surface area contributed by atoms with Crippen molar-refractivity contribution in [3.63, 3.8) is 0 Å². The molecule has 1 spiro atoms. The van der Waals surface area contributed by atoms with Crippen LogP contribution in [0.25, 0.3) is 0 Å². The molecule has 0 radical (unpaired) electrons.